The number of phenolic OH excluding ortho intramolecular Hbond substituents is 1. The molecule has 0 bridgehead atoms. The van der Waals surface area contributed by atoms with Gasteiger partial charge < -0.3 is 36.6 Å². The number of nitrogens with zero attached hydrogens (tertiary/aromatic N) is 2. The quantitative estimate of drug-likeness (QED) is 0.239. The van der Waals surface area contributed by atoms with Gasteiger partial charge in [0, 0.05) is 28.9 Å². The van der Waals surface area contributed by atoms with E-state index in [9.17, 15) is 35.0 Å². The Labute approximate surface area is 228 Å². The molecule has 13 heteroatoms. The number of carbonyl (C=O) groups excluding carboxylic acids is 2. The molecule has 204 valence electrons. The van der Waals surface area contributed by atoms with Gasteiger partial charge >= 0.3 is 5.97 Å². The number of β-amino-alcohol motifs (C(OH)–C–C–N with tert-alkyl or cyclic N) is 1. The Morgan fingerprint density at radius 3 is 2.62 bits per heavy atom. The molecule has 2 amide bonds. The van der Waals surface area contributed by atoms with Crippen LogP contribution in [0.3, 0.4) is 0 Å². The maximum atomic E-state index is 12.7. The monoisotopic (exact) mass is 554 g/mol. The maximum absolute atomic E-state index is 12.7. The Kier molecular flexibility index (Phi) is 8.23. The highest BCUT2D eigenvalue weighted by molar-refractivity contribution is 6.30. The molecular weight excluding hydrogens is 528 g/mol. The summed E-state index contributed by atoms with van der Waals surface area (Å²) in [7, 11) is 0. The first kappa shape index (κ1) is 27.7. The largest absolute Gasteiger partial charge is 0.508 e. The number of aromatic hydroxyl groups is 1. The molecule has 39 heavy (non-hydrogen) atoms. The summed E-state index contributed by atoms with van der Waals surface area (Å²) in [6.45, 7) is 0.0376. The van der Waals surface area contributed by atoms with E-state index in [-0.39, 0.29) is 17.9 Å². The number of rotatable bonds is 9. The highest BCUT2D eigenvalue weighted by atomic mass is 35.5. The molecule has 7 N–H and O–H groups in total. The minimum absolute atomic E-state index is 0.0644. The van der Waals surface area contributed by atoms with Crippen molar-refractivity contribution < 1.29 is 29.7 Å². The molecule has 0 radical (unpaired) electrons. The Balaban J connectivity index is 1.41. The van der Waals surface area contributed by atoms with E-state index in [1.807, 2.05) is 0 Å². The number of hydrogen-bond acceptors (Lipinski definition) is 9. The number of aliphatic imine (C=N–C) groups is 1. The summed E-state index contributed by atoms with van der Waals surface area (Å²) in [6, 6.07) is 10.3. The molecule has 1 aliphatic carbocycles. The van der Waals surface area contributed by atoms with Gasteiger partial charge in [-0.1, -0.05) is 17.7 Å². The van der Waals surface area contributed by atoms with E-state index in [1.54, 1.807) is 18.2 Å². The molecule has 12 nitrogen and oxygen atoms in total. The number of hydrogen-bond donors (Lipinski definition) is 7. The van der Waals surface area contributed by atoms with Crippen molar-refractivity contribution in [3.63, 3.8) is 0 Å². The predicted octanol–water partition coefficient (Wildman–Crippen LogP) is 1.39. The number of aliphatic hydroxyl groups is 1. The number of nitriles is 1. The van der Waals surface area contributed by atoms with E-state index < -0.39 is 48.3 Å². The first-order valence-electron chi connectivity index (χ1n) is 12.2. The molecule has 0 spiro atoms. The van der Waals surface area contributed by atoms with Gasteiger partial charge in [0.25, 0.3) is 5.91 Å². The number of guanidine groups is 1. The van der Waals surface area contributed by atoms with Crippen molar-refractivity contribution in [3.05, 3.63) is 58.1 Å². The van der Waals surface area contributed by atoms with Gasteiger partial charge in [0.1, 0.15) is 5.75 Å². The summed E-state index contributed by atoms with van der Waals surface area (Å²) in [5, 5.41) is 49.7. The van der Waals surface area contributed by atoms with Gasteiger partial charge in [0.2, 0.25) is 5.91 Å². The third kappa shape index (κ3) is 7.16. The fraction of sp³-hybridized carbons (Fsp3) is 0.346. The minimum atomic E-state index is -1.15. The average molecular weight is 555 g/mol. The molecule has 2 aromatic carbocycles. The smallest absolute Gasteiger partial charge is 0.305 e. The van der Waals surface area contributed by atoms with Crippen molar-refractivity contribution in [2.24, 2.45) is 4.99 Å². The topological polar surface area (TPSA) is 196 Å². The lowest BCUT2D eigenvalue weighted by Crippen LogP contribution is -2.42. The van der Waals surface area contributed by atoms with E-state index in [0.29, 0.717) is 47.2 Å². The van der Waals surface area contributed by atoms with Crippen LogP contribution in [0.2, 0.25) is 5.02 Å². The second-order valence-corrected chi connectivity index (χ2v) is 9.92. The lowest BCUT2D eigenvalue weighted by Gasteiger charge is -2.20. The molecule has 2 atom stereocenters. The van der Waals surface area contributed by atoms with Crippen LogP contribution in [-0.4, -0.2) is 64.8 Å². The molecule has 0 aromatic heterocycles. The predicted molar refractivity (Wildman–Crippen MR) is 141 cm³/mol. The van der Waals surface area contributed by atoms with Crippen LogP contribution in [0.15, 0.2) is 41.4 Å². The second-order valence-electron chi connectivity index (χ2n) is 9.49. The lowest BCUT2D eigenvalue weighted by molar-refractivity contribution is -0.137. The summed E-state index contributed by atoms with van der Waals surface area (Å²) < 4.78 is 0. The van der Waals surface area contributed by atoms with Gasteiger partial charge in [0.15, 0.2) is 5.96 Å². The van der Waals surface area contributed by atoms with Crippen molar-refractivity contribution in [1.82, 2.24) is 16.0 Å². The number of anilines is 1. The number of benzene rings is 2. The number of halogens is 1. The summed E-state index contributed by atoms with van der Waals surface area (Å²) in [5.41, 5.74) is 0.882. The van der Waals surface area contributed by atoms with Crippen molar-refractivity contribution in [2.45, 2.75) is 36.8 Å². The second kappa shape index (κ2) is 11.6. The van der Waals surface area contributed by atoms with Crippen LogP contribution in [0.4, 0.5) is 5.69 Å². The van der Waals surface area contributed by atoms with Crippen LogP contribution in [-0.2, 0) is 15.0 Å². The van der Waals surface area contributed by atoms with Crippen molar-refractivity contribution in [3.8, 4) is 11.8 Å². The van der Waals surface area contributed by atoms with Crippen LogP contribution < -0.4 is 21.3 Å². The fourth-order valence-electron chi connectivity index (χ4n) is 4.18. The number of carboxylic acid groups (broad SMARTS) is 1. The molecule has 2 aromatic rings. The van der Waals surface area contributed by atoms with Crippen LogP contribution in [0.25, 0.3) is 0 Å². The van der Waals surface area contributed by atoms with Gasteiger partial charge in [-0.15, -0.1) is 0 Å². The Morgan fingerprint density at radius 1 is 1.21 bits per heavy atom. The third-order valence-electron chi connectivity index (χ3n) is 6.37. The third-order valence-corrected chi connectivity index (χ3v) is 6.59. The average Bonchev–Trinajstić information content (AvgIpc) is 3.69. The molecule has 4 rings (SSSR count). The summed E-state index contributed by atoms with van der Waals surface area (Å²) in [5.74, 6) is -2.28. The van der Waals surface area contributed by atoms with Gasteiger partial charge in [-0.25, -0.2) is 0 Å². The van der Waals surface area contributed by atoms with E-state index in [4.69, 9.17) is 11.6 Å². The van der Waals surface area contributed by atoms with Crippen LogP contribution in [0.5, 0.6) is 5.75 Å². The van der Waals surface area contributed by atoms with Gasteiger partial charge in [-0.2, -0.15) is 5.26 Å². The van der Waals surface area contributed by atoms with E-state index in [0.717, 1.165) is 0 Å². The first-order valence-corrected chi connectivity index (χ1v) is 12.5. The van der Waals surface area contributed by atoms with E-state index in [1.165, 1.54) is 18.2 Å². The summed E-state index contributed by atoms with van der Waals surface area (Å²) in [6.07, 6.45) is 0.308. The molecule has 1 fully saturated rings. The first-order chi connectivity index (χ1) is 18.6. The zero-order valence-electron chi connectivity index (χ0n) is 20.7. The molecule has 1 heterocycles. The number of nitrogens with one attached hydrogen (secondary N) is 4. The van der Waals surface area contributed by atoms with Crippen molar-refractivity contribution >= 4 is 41.0 Å². The van der Waals surface area contributed by atoms with Gasteiger partial charge in [0.05, 0.1) is 43.1 Å². The molecule has 0 saturated heterocycles. The van der Waals surface area contributed by atoms with Crippen molar-refractivity contribution in [2.75, 3.05) is 25.0 Å². The minimum Gasteiger partial charge on any atom is -0.508 e. The molecule has 1 unspecified atom stereocenters. The zero-order chi connectivity index (χ0) is 28.2. The highest BCUT2D eigenvalue weighted by Crippen LogP contribution is 2.48. The molecule has 1 aliphatic heterocycles. The summed E-state index contributed by atoms with van der Waals surface area (Å²) >= 11 is 6.25. The van der Waals surface area contributed by atoms with Crippen molar-refractivity contribution in [1.29, 1.82) is 5.26 Å². The van der Waals surface area contributed by atoms with Gasteiger partial charge in [-0.05, 0) is 48.2 Å². The Morgan fingerprint density at radius 2 is 1.97 bits per heavy atom. The maximum Gasteiger partial charge on any atom is 0.305 e. The molecule has 2 aliphatic rings. The number of aliphatic carboxylic acids is 1. The molecule has 1 saturated carbocycles. The molecular formula is C26H27ClN6O6. The Hall–Kier alpha value is -4.34. The fourth-order valence-corrected chi connectivity index (χ4v) is 4.42. The van der Waals surface area contributed by atoms with Crippen LogP contribution in [0.1, 0.15) is 46.8 Å². The lowest BCUT2D eigenvalue weighted by atomic mass is 9.93. The number of phenols is 1. The standard InChI is InChI=1S/C26H27ClN6O6/c27-17-4-14(3-16(7-17)26(13-28)1-2-26)21(9-23(37)38)33-22(36)12-29-24(39)15-5-18(8-19(34)6-15)32-25-30-10-20(35)11-31-25/h3-8,20-21,34-35H,1-2,9-12H2,(H,29,39)(H,33,36)(H,37,38)(H2,30,31,32)/t21-/m0/s1. The number of aliphatic hydroxyl groups excluding tert-OH is 1. The SMILES string of the molecule is N#CC1(c2cc(Cl)cc([C@H](CC(=O)O)NC(=O)CNC(=O)c3cc(O)cc(NC4=NCC(O)CN4)c3)c2)CC1. The normalized spacial score (nSPS) is 18.0. The zero-order valence-corrected chi connectivity index (χ0v) is 21.5. The van der Waals surface area contributed by atoms with Crippen LogP contribution in [0, 0.1) is 11.3 Å². The number of carboxylic acids is 1. The highest BCUT2D eigenvalue weighted by Gasteiger charge is 2.45. The Bertz CT molecular complexity index is 1370. The van der Waals surface area contributed by atoms with E-state index >= 15 is 0 Å². The van der Waals surface area contributed by atoms with Gasteiger partial charge in [-0.3, -0.25) is 19.4 Å². The number of amides is 2. The summed E-state index contributed by atoms with van der Waals surface area (Å²) in [4.78, 5) is 41.0. The van der Waals surface area contributed by atoms with Crippen LogP contribution >= 0.6 is 11.6 Å². The number of carbonyl (C=O) groups is 3. The van der Waals surface area contributed by atoms with E-state index in [2.05, 4.69) is 32.3 Å².